The van der Waals surface area contributed by atoms with Crippen LogP contribution in [0, 0.1) is 10.1 Å². The fourth-order valence-corrected chi connectivity index (χ4v) is 4.72. The van der Waals surface area contributed by atoms with E-state index in [1.54, 1.807) is 0 Å². The van der Waals surface area contributed by atoms with Crippen LogP contribution >= 0.6 is 0 Å². The fraction of sp³-hybridized carbons (Fsp3) is 0.143. The van der Waals surface area contributed by atoms with Gasteiger partial charge in [-0.15, -0.1) is 0 Å². The van der Waals surface area contributed by atoms with Crippen molar-refractivity contribution in [2.24, 2.45) is 0 Å². The molecule has 3 aromatic carbocycles. The molecule has 116 valence electrons. The first-order chi connectivity index (χ1) is 11.8. The normalized spacial score (nSPS) is 22.0. The molecule has 0 saturated heterocycles. The quantitative estimate of drug-likeness (QED) is 0.520. The predicted molar refractivity (Wildman–Crippen MR) is 92.6 cm³/mol. The summed E-state index contributed by atoms with van der Waals surface area (Å²) in [6.07, 6.45) is 0. The first-order valence-corrected chi connectivity index (χ1v) is 8.14. The lowest BCUT2D eigenvalue weighted by atomic mass is 9.88. The molecule has 0 heterocycles. The summed E-state index contributed by atoms with van der Waals surface area (Å²) in [5.74, 6) is -0.113. The number of fused-ring (bicyclic) bond motifs is 5. The first-order valence-electron chi connectivity index (χ1n) is 8.14. The largest absolute Gasteiger partial charge is 0.264 e. The minimum atomic E-state index is -0.607. The number of hydrogen-bond acceptors (Lipinski definition) is 2. The zero-order chi connectivity index (χ0) is 16.3. The molecule has 24 heavy (non-hydrogen) atoms. The Balaban J connectivity index is 1.82. The highest BCUT2D eigenvalue weighted by Crippen LogP contribution is 2.70. The molecule has 0 unspecified atom stereocenters. The van der Waals surface area contributed by atoms with E-state index in [-0.39, 0.29) is 10.8 Å². The lowest BCUT2D eigenvalue weighted by molar-refractivity contribution is -0.499. The van der Waals surface area contributed by atoms with Crippen molar-refractivity contribution in [2.75, 3.05) is 0 Å². The Labute approximate surface area is 139 Å². The third-order valence-corrected chi connectivity index (χ3v) is 5.59. The molecule has 1 spiro atoms. The topological polar surface area (TPSA) is 43.1 Å². The van der Waals surface area contributed by atoms with Crippen LogP contribution in [0.3, 0.4) is 0 Å². The van der Waals surface area contributed by atoms with Crippen molar-refractivity contribution in [1.82, 2.24) is 0 Å². The second-order valence-corrected chi connectivity index (χ2v) is 6.58. The van der Waals surface area contributed by atoms with Gasteiger partial charge >= 0.3 is 0 Å². The summed E-state index contributed by atoms with van der Waals surface area (Å²) >= 11 is 0. The molecule has 2 atom stereocenters. The van der Waals surface area contributed by atoms with E-state index in [0.717, 1.165) is 27.8 Å². The average molecular weight is 313 g/mol. The first kappa shape index (κ1) is 13.5. The van der Waals surface area contributed by atoms with Crippen LogP contribution in [0.5, 0.6) is 0 Å². The van der Waals surface area contributed by atoms with Crippen molar-refractivity contribution >= 4 is 0 Å². The molecular weight excluding hydrogens is 298 g/mol. The van der Waals surface area contributed by atoms with Gasteiger partial charge in [-0.2, -0.15) is 0 Å². The van der Waals surface area contributed by atoms with Gasteiger partial charge in [0, 0.05) is 4.92 Å². The fourth-order valence-electron chi connectivity index (χ4n) is 4.72. The molecule has 0 aliphatic heterocycles. The Hall–Kier alpha value is -2.94. The molecule has 0 amide bonds. The highest BCUT2D eigenvalue weighted by atomic mass is 16.6. The van der Waals surface area contributed by atoms with Crippen molar-refractivity contribution in [3.63, 3.8) is 0 Å². The monoisotopic (exact) mass is 313 g/mol. The molecule has 1 fully saturated rings. The number of hydrogen-bond donors (Lipinski definition) is 0. The van der Waals surface area contributed by atoms with E-state index in [1.165, 1.54) is 0 Å². The van der Waals surface area contributed by atoms with Crippen LogP contribution in [0.1, 0.15) is 22.6 Å². The third kappa shape index (κ3) is 1.47. The molecular formula is C21H15NO2. The smallest absolute Gasteiger partial charge is 0.235 e. The Morgan fingerprint density at radius 2 is 1.25 bits per heavy atom. The van der Waals surface area contributed by atoms with Crippen LogP contribution in [0.2, 0.25) is 0 Å². The summed E-state index contributed by atoms with van der Waals surface area (Å²) < 4.78 is 0. The van der Waals surface area contributed by atoms with Crippen molar-refractivity contribution in [2.45, 2.75) is 17.4 Å². The lowest BCUT2D eigenvalue weighted by Gasteiger charge is -2.11. The van der Waals surface area contributed by atoms with Crippen molar-refractivity contribution < 1.29 is 4.92 Å². The minimum Gasteiger partial charge on any atom is -0.264 e. The molecule has 3 heteroatoms. The summed E-state index contributed by atoms with van der Waals surface area (Å²) in [7, 11) is 0. The zero-order valence-corrected chi connectivity index (χ0v) is 12.9. The highest BCUT2D eigenvalue weighted by Gasteiger charge is 2.78. The summed E-state index contributed by atoms with van der Waals surface area (Å²) in [6, 6.07) is 25.6. The summed E-state index contributed by atoms with van der Waals surface area (Å²) in [5.41, 5.74) is 4.99. The lowest BCUT2D eigenvalue weighted by Crippen LogP contribution is -2.17. The minimum absolute atomic E-state index is 0.0868. The maximum Gasteiger partial charge on any atom is 0.235 e. The van der Waals surface area contributed by atoms with Crippen LogP contribution in [0.15, 0.2) is 78.9 Å². The zero-order valence-electron chi connectivity index (χ0n) is 12.9. The van der Waals surface area contributed by atoms with Crippen LogP contribution in [-0.2, 0) is 5.41 Å². The molecule has 2 aliphatic carbocycles. The third-order valence-electron chi connectivity index (χ3n) is 5.59. The van der Waals surface area contributed by atoms with Crippen LogP contribution < -0.4 is 0 Å². The molecule has 0 aromatic heterocycles. The Kier molecular flexibility index (Phi) is 2.55. The van der Waals surface area contributed by atoms with Gasteiger partial charge in [0.2, 0.25) is 6.04 Å². The maximum absolute atomic E-state index is 11.9. The van der Waals surface area contributed by atoms with Crippen LogP contribution in [0.25, 0.3) is 11.1 Å². The van der Waals surface area contributed by atoms with Gasteiger partial charge in [-0.25, -0.2) is 0 Å². The van der Waals surface area contributed by atoms with Gasteiger partial charge in [0.25, 0.3) is 0 Å². The second kappa shape index (κ2) is 4.54. The van der Waals surface area contributed by atoms with Crippen LogP contribution in [0.4, 0.5) is 0 Å². The van der Waals surface area contributed by atoms with E-state index in [2.05, 4.69) is 24.3 Å². The highest BCUT2D eigenvalue weighted by molar-refractivity contribution is 5.85. The van der Waals surface area contributed by atoms with Crippen molar-refractivity contribution in [3.05, 3.63) is 106 Å². The SMILES string of the molecule is O=[N+]([O-])[C@H]1[C@H](c2ccccc2)C12c1ccccc1-c1ccccc12. The van der Waals surface area contributed by atoms with E-state index >= 15 is 0 Å². The van der Waals surface area contributed by atoms with Gasteiger partial charge in [-0.1, -0.05) is 78.9 Å². The molecule has 5 rings (SSSR count). The van der Waals surface area contributed by atoms with Gasteiger partial charge in [0.1, 0.15) is 5.41 Å². The Morgan fingerprint density at radius 1 is 0.750 bits per heavy atom. The molecule has 3 aromatic rings. The number of nitro groups is 1. The summed E-state index contributed by atoms with van der Waals surface area (Å²) in [6.45, 7) is 0. The van der Waals surface area contributed by atoms with Gasteiger partial charge < -0.3 is 0 Å². The molecule has 0 radical (unpaired) electrons. The van der Waals surface area contributed by atoms with E-state index in [1.807, 2.05) is 54.6 Å². The maximum atomic E-state index is 11.9. The number of rotatable bonds is 2. The van der Waals surface area contributed by atoms with Crippen molar-refractivity contribution in [3.8, 4) is 11.1 Å². The Morgan fingerprint density at radius 3 is 1.79 bits per heavy atom. The summed E-state index contributed by atoms with van der Waals surface area (Å²) in [4.78, 5) is 11.8. The Bertz CT molecular complexity index is 919. The molecule has 1 saturated carbocycles. The summed E-state index contributed by atoms with van der Waals surface area (Å²) in [5, 5.41) is 11.9. The van der Waals surface area contributed by atoms with E-state index in [4.69, 9.17) is 0 Å². The molecule has 0 bridgehead atoms. The van der Waals surface area contributed by atoms with E-state index in [0.29, 0.717) is 0 Å². The van der Waals surface area contributed by atoms with Gasteiger partial charge in [-0.05, 0) is 27.8 Å². The van der Waals surface area contributed by atoms with Crippen molar-refractivity contribution in [1.29, 1.82) is 0 Å². The average Bonchev–Trinajstić information content (AvgIpc) is 3.25. The van der Waals surface area contributed by atoms with E-state index in [9.17, 15) is 10.1 Å². The second-order valence-electron chi connectivity index (χ2n) is 6.58. The van der Waals surface area contributed by atoms with Crippen LogP contribution in [-0.4, -0.2) is 11.0 Å². The van der Waals surface area contributed by atoms with E-state index < -0.39 is 11.5 Å². The molecule has 3 nitrogen and oxygen atoms in total. The van der Waals surface area contributed by atoms with Gasteiger partial charge in [-0.3, -0.25) is 10.1 Å². The molecule has 0 N–H and O–H groups in total. The standard InChI is InChI=1S/C21H15NO2/c23-22(24)20-19(14-8-2-1-3-9-14)21(20)17-12-6-4-10-15(17)16-11-5-7-13-18(16)21/h1-13,19-20H/t19-,20-/m0/s1. The van der Waals surface area contributed by atoms with Gasteiger partial charge in [0.05, 0.1) is 5.92 Å². The number of benzene rings is 3. The van der Waals surface area contributed by atoms with Gasteiger partial charge in [0.15, 0.2) is 0 Å². The predicted octanol–water partition coefficient (Wildman–Crippen LogP) is 4.40. The molecule has 2 aliphatic rings. The number of nitrogens with zero attached hydrogens (tertiary/aromatic N) is 1.